The van der Waals surface area contributed by atoms with Crippen molar-refractivity contribution < 1.29 is 19.4 Å². The molecule has 13 heteroatoms. The molecule has 0 spiro atoms. The van der Waals surface area contributed by atoms with Gasteiger partial charge in [-0.3, -0.25) is 9.36 Å². The van der Waals surface area contributed by atoms with Gasteiger partial charge in [-0.1, -0.05) is 6.08 Å². The second-order valence-corrected chi connectivity index (χ2v) is 6.61. The van der Waals surface area contributed by atoms with E-state index in [0.717, 1.165) is 4.57 Å². The standard InChI is InChI=1S/C17H26N8O5/c1-21-6-4-9(22-16(19)20)8-12(26)23-10-2-3-13(30-14(10)15(27)28)25-7-5-11(18)24-17(25)29/h2-3,5,7,9-10,13-14,21H,4,6,8H2,1H3,(H,23,26)(H,27,28)(H2,18,24,29)(H4,19,20,22). The Morgan fingerprint density at radius 2 is 2.13 bits per heavy atom. The minimum Gasteiger partial charge on any atom is -0.479 e. The Morgan fingerprint density at radius 3 is 2.73 bits per heavy atom. The lowest BCUT2D eigenvalue weighted by Gasteiger charge is -2.31. The summed E-state index contributed by atoms with van der Waals surface area (Å²) in [7, 11) is 1.76. The molecule has 2 rings (SSSR count). The van der Waals surface area contributed by atoms with Gasteiger partial charge in [0.25, 0.3) is 0 Å². The highest BCUT2D eigenvalue weighted by Gasteiger charge is 2.35. The maximum absolute atomic E-state index is 12.4. The van der Waals surface area contributed by atoms with Crippen molar-refractivity contribution >= 4 is 23.7 Å². The maximum atomic E-state index is 12.4. The van der Waals surface area contributed by atoms with Gasteiger partial charge >= 0.3 is 11.7 Å². The van der Waals surface area contributed by atoms with Crippen molar-refractivity contribution in [2.75, 3.05) is 19.3 Å². The minimum atomic E-state index is -1.42. The number of nitrogens with one attached hydrogen (secondary N) is 2. The highest BCUT2D eigenvalue weighted by molar-refractivity contribution is 5.81. The van der Waals surface area contributed by atoms with Crippen LogP contribution in [0.1, 0.15) is 19.1 Å². The van der Waals surface area contributed by atoms with Crippen molar-refractivity contribution in [1.29, 1.82) is 0 Å². The SMILES string of the molecule is CNCCC(CC(=O)NC1C=CC(n2ccc(N)nc2=O)OC1C(=O)O)N=C(N)N. The summed E-state index contributed by atoms with van der Waals surface area (Å²) >= 11 is 0. The van der Waals surface area contributed by atoms with Gasteiger partial charge in [0, 0.05) is 12.6 Å². The van der Waals surface area contributed by atoms with Gasteiger partial charge < -0.3 is 37.7 Å². The summed E-state index contributed by atoms with van der Waals surface area (Å²) in [5.74, 6) is -1.86. The molecule has 1 aliphatic heterocycles. The molecule has 1 amide bonds. The predicted octanol–water partition coefficient (Wildman–Crippen LogP) is -2.51. The number of carbonyl (C=O) groups is 2. The van der Waals surface area contributed by atoms with Crippen LogP contribution in [0.2, 0.25) is 0 Å². The van der Waals surface area contributed by atoms with Crippen LogP contribution < -0.4 is 33.5 Å². The van der Waals surface area contributed by atoms with Crippen LogP contribution in [-0.2, 0) is 14.3 Å². The van der Waals surface area contributed by atoms with Crippen molar-refractivity contribution in [1.82, 2.24) is 20.2 Å². The van der Waals surface area contributed by atoms with Gasteiger partial charge in [0.2, 0.25) is 5.91 Å². The largest absolute Gasteiger partial charge is 0.479 e. The number of nitrogens with two attached hydrogens (primary N) is 3. The van der Waals surface area contributed by atoms with Crippen LogP contribution in [0.4, 0.5) is 5.82 Å². The third-order valence-electron chi connectivity index (χ3n) is 4.27. The van der Waals surface area contributed by atoms with Crippen LogP contribution in [-0.4, -0.2) is 64.3 Å². The third-order valence-corrected chi connectivity index (χ3v) is 4.27. The summed E-state index contributed by atoms with van der Waals surface area (Å²) in [5.41, 5.74) is 15.6. The van der Waals surface area contributed by atoms with Crippen LogP contribution in [0, 0.1) is 0 Å². The number of carboxylic acids is 1. The Labute approximate surface area is 172 Å². The fraction of sp³-hybridized carbons (Fsp3) is 0.471. The van der Waals surface area contributed by atoms with Crippen LogP contribution in [0.5, 0.6) is 0 Å². The smallest absolute Gasteiger partial charge is 0.351 e. The molecule has 4 unspecified atom stereocenters. The number of aliphatic imine (C=N–C) groups is 1. The number of carboxylic acid groups (broad SMARTS) is 1. The van der Waals surface area contributed by atoms with Crippen LogP contribution >= 0.6 is 0 Å². The Hall–Kier alpha value is -3.45. The molecule has 1 aliphatic rings. The lowest BCUT2D eigenvalue weighted by Crippen LogP contribution is -2.50. The quantitative estimate of drug-likeness (QED) is 0.140. The normalized spacial score (nSPS) is 21.6. The highest BCUT2D eigenvalue weighted by atomic mass is 16.5. The predicted molar refractivity (Wildman–Crippen MR) is 108 cm³/mol. The number of carbonyl (C=O) groups excluding carboxylic acids is 1. The first-order valence-corrected chi connectivity index (χ1v) is 9.15. The monoisotopic (exact) mass is 422 g/mol. The molecule has 164 valence electrons. The number of ether oxygens (including phenoxy) is 1. The molecule has 0 bridgehead atoms. The van der Waals surface area contributed by atoms with Crippen molar-refractivity contribution in [2.45, 2.75) is 37.3 Å². The average molecular weight is 422 g/mol. The zero-order valence-corrected chi connectivity index (χ0v) is 16.4. The second-order valence-electron chi connectivity index (χ2n) is 6.61. The number of nitrogen functional groups attached to an aromatic ring is 1. The number of aromatic nitrogens is 2. The fourth-order valence-electron chi connectivity index (χ4n) is 2.90. The number of aliphatic carboxylic acids is 1. The molecule has 2 heterocycles. The van der Waals surface area contributed by atoms with Crippen molar-refractivity contribution in [3.8, 4) is 0 Å². The van der Waals surface area contributed by atoms with E-state index < -0.39 is 42.0 Å². The second kappa shape index (κ2) is 10.4. The molecule has 4 atom stereocenters. The number of anilines is 1. The Balaban J connectivity index is 2.12. The van der Waals surface area contributed by atoms with Crippen molar-refractivity contribution in [3.05, 3.63) is 34.9 Å². The third kappa shape index (κ3) is 6.28. The van der Waals surface area contributed by atoms with Gasteiger partial charge in [-0.25, -0.2) is 14.6 Å². The molecule has 13 nitrogen and oxygen atoms in total. The Morgan fingerprint density at radius 1 is 1.40 bits per heavy atom. The van der Waals surface area contributed by atoms with E-state index in [0.29, 0.717) is 13.0 Å². The number of hydrogen-bond donors (Lipinski definition) is 6. The summed E-state index contributed by atoms with van der Waals surface area (Å²) in [4.78, 5) is 43.7. The van der Waals surface area contributed by atoms with Gasteiger partial charge in [-0.15, -0.1) is 0 Å². The van der Waals surface area contributed by atoms with Crippen LogP contribution in [0.25, 0.3) is 0 Å². The molecule has 0 aromatic carbocycles. The summed E-state index contributed by atoms with van der Waals surface area (Å²) in [6.07, 6.45) is 2.29. The van der Waals surface area contributed by atoms with Gasteiger partial charge in [0.1, 0.15) is 5.82 Å². The number of amides is 1. The van der Waals surface area contributed by atoms with Gasteiger partial charge in [-0.05, 0) is 32.2 Å². The van der Waals surface area contributed by atoms with E-state index in [2.05, 4.69) is 20.6 Å². The molecule has 0 saturated heterocycles. The zero-order chi connectivity index (χ0) is 22.3. The Kier molecular flexibility index (Phi) is 7.89. The zero-order valence-electron chi connectivity index (χ0n) is 16.4. The summed E-state index contributed by atoms with van der Waals surface area (Å²) in [5, 5.41) is 15.1. The first-order chi connectivity index (χ1) is 14.2. The van der Waals surface area contributed by atoms with Crippen molar-refractivity contribution in [2.24, 2.45) is 16.5 Å². The van der Waals surface area contributed by atoms with E-state index in [-0.39, 0.29) is 18.2 Å². The number of guanidine groups is 1. The summed E-state index contributed by atoms with van der Waals surface area (Å²) < 4.78 is 6.60. The number of rotatable bonds is 9. The molecular weight excluding hydrogens is 396 g/mol. The summed E-state index contributed by atoms with van der Waals surface area (Å²) in [6, 6.07) is -0.0313. The van der Waals surface area contributed by atoms with Crippen molar-refractivity contribution in [3.63, 3.8) is 0 Å². The molecule has 30 heavy (non-hydrogen) atoms. The number of hydrogen-bond acceptors (Lipinski definition) is 8. The van der Waals surface area contributed by atoms with E-state index >= 15 is 0 Å². The van der Waals surface area contributed by atoms with E-state index in [1.807, 2.05) is 0 Å². The summed E-state index contributed by atoms with van der Waals surface area (Å²) in [6.45, 7) is 0.588. The molecule has 0 aliphatic carbocycles. The fourth-order valence-corrected chi connectivity index (χ4v) is 2.90. The molecule has 1 aromatic rings. The molecule has 9 N–H and O–H groups in total. The van der Waals surface area contributed by atoms with Gasteiger partial charge in [0.05, 0.1) is 12.1 Å². The van der Waals surface area contributed by atoms with Crippen LogP contribution in [0.15, 0.2) is 34.2 Å². The first kappa shape index (κ1) is 22.8. The average Bonchev–Trinajstić information content (AvgIpc) is 2.66. The van der Waals surface area contributed by atoms with Gasteiger partial charge in [0.15, 0.2) is 18.3 Å². The van der Waals surface area contributed by atoms with Gasteiger partial charge in [-0.2, -0.15) is 4.98 Å². The molecule has 1 aromatic heterocycles. The minimum absolute atomic E-state index is 0.0320. The topological polar surface area (TPSA) is 213 Å². The molecule has 0 fully saturated rings. The van der Waals surface area contributed by atoms with E-state index in [4.69, 9.17) is 21.9 Å². The first-order valence-electron chi connectivity index (χ1n) is 9.15. The lowest BCUT2D eigenvalue weighted by atomic mass is 10.1. The van der Waals surface area contributed by atoms with E-state index in [1.165, 1.54) is 24.4 Å². The van der Waals surface area contributed by atoms with E-state index in [1.54, 1.807) is 7.05 Å². The molecular formula is C17H26N8O5. The lowest BCUT2D eigenvalue weighted by molar-refractivity contribution is -0.159. The Bertz CT molecular complexity index is 879. The molecule has 0 radical (unpaired) electrons. The maximum Gasteiger partial charge on any atom is 0.351 e. The molecule has 0 saturated carbocycles. The van der Waals surface area contributed by atoms with E-state index in [9.17, 15) is 19.5 Å². The highest BCUT2D eigenvalue weighted by Crippen LogP contribution is 2.21. The van der Waals surface area contributed by atoms with Crippen LogP contribution in [0.3, 0.4) is 0 Å². The number of nitrogens with zero attached hydrogens (tertiary/aromatic N) is 3.